The van der Waals surface area contributed by atoms with E-state index in [4.69, 9.17) is 14.7 Å². The van der Waals surface area contributed by atoms with E-state index < -0.39 is 5.97 Å². The molecule has 0 saturated carbocycles. The largest absolute Gasteiger partial charge is 0.497 e. The molecule has 0 aromatic heterocycles. The molecule has 1 N–H and O–H groups in total. The average Bonchev–Trinajstić information content (AvgIpc) is 2.47. The number of carbonyl (C=O) groups excluding carboxylic acids is 1. The number of benzene rings is 1. The summed E-state index contributed by atoms with van der Waals surface area (Å²) in [6, 6.07) is 7.38. The number of hydrogen-bond donors (Lipinski definition) is 1. The van der Waals surface area contributed by atoms with E-state index in [0.29, 0.717) is 5.70 Å². The zero-order valence-electron chi connectivity index (χ0n) is 11.3. The van der Waals surface area contributed by atoms with Crippen molar-refractivity contribution in [1.29, 1.82) is 5.26 Å². The molecule has 1 aromatic rings. The fraction of sp³-hybridized carbons (Fsp3) is 0.200. The van der Waals surface area contributed by atoms with Crippen molar-refractivity contribution in [1.82, 2.24) is 0 Å². The topological polar surface area (TPSA) is 71.4 Å². The molecule has 102 valence electrons. The van der Waals surface area contributed by atoms with E-state index in [1.165, 1.54) is 0 Å². The Morgan fingerprint density at radius 3 is 2.85 bits per heavy atom. The minimum Gasteiger partial charge on any atom is -0.497 e. The van der Waals surface area contributed by atoms with Crippen LogP contribution in [0.1, 0.15) is 12.5 Å². The van der Waals surface area contributed by atoms with Crippen LogP contribution in [0.25, 0.3) is 6.08 Å². The molecule has 0 saturated heterocycles. The van der Waals surface area contributed by atoms with Crippen LogP contribution in [-0.2, 0) is 9.53 Å². The normalized spacial score (nSPS) is 14.7. The molecule has 1 aliphatic rings. The molecule has 0 radical (unpaired) electrons. The SMILES string of the molecule is CCOC(=O)/C(C#N)=C1/C=Cc2cc(OC)ccc2N1. The van der Waals surface area contributed by atoms with Gasteiger partial charge in [-0.15, -0.1) is 0 Å². The second kappa shape index (κ2) is 5.93. The molecule has 5 nitrogen and oxygen atoms in total. The molecular weight excluding hydrogens is 256 g/mol. The number of hydrogen-bond acceptors (Lipinski definition) is 5. The van der Waals surface area contributed by atoms with Crippen LogP contribution >= 0.6 is 0 Å². The van der Waals surface area contributed by atoms with Crippen LogP contribution in [-0.4, -0.2) is 19.7 Å². The molecule has 0 bridgehead atoms. The lowest BCUT2D eigenvalue weighted by Gasteiger charge is -2.17. The molecular formula is C15H14N2O3. The number of fused-ring (bicyclic) bond motifs is 1. The molecule has 1 aromatic carbocycles. The number of allylic oxidation sites excluding steroid dienone is 1. The first kappa shape index (κ1) is 13.7. The number of nitriles is 1. The molecule has 20 heavy (non-hydrogen) atoms. The quantitative estimate of drug-likeness (QED) is 0.519. The molecule has 0 fully saturated rings. The van der Waals surface area contributed by atoms with Gasteiger partial charge in [-0.05, 0) is 31.2 Å². The summed E-state index contributed by atoms with van der Waals surface area (Å²) >= 11 is 0. The molecule has 0 aliphatic carbocycles. The first-order chi connectivity index (χ1) is 9.69. The van der Waals surface area contributed by atoms with Crippen LogP contribution in [0, 0.1) is 11.3 Å². The fourth-order valence-corrected chi connectivity index (χ4v) is 1.84. The zero-order valence-corrected chi connectivity index (χ0v) is 11.3. The van der Waals surface area contributed by atoms with Crippen molar-refractivity contribution < 1.29 is 14.3 Å². The lowest BCUT2D eigenvalue weighted by atomic mass is 10.1. The maximum atomic E-state index is 11.7. The number of nitrogens with zero attached hydrogens (tertiary/aromatic N) is 1. The van der Waals surface area contributed by atoms with Crippen molar-refractivity contribution in [3.63, 3.8) is 0 Å². The minimum atomic E-state index is -0.626. The predicted molar refractivity (Wildman–Crippen MR) is 74.9 cm³/mol. The Labute approximate surface area is 117 Å². The second-order valence-corrected chi connectivity index (χ2v) is 4.03. The Bertz CT molecular complexity index is 639. The van der Waals surface area contributed by atoms with E-state index in [9.17, 15) is 4.79 Å². The summed E-state index contributed by atoms with van der Waals surface area (Å²) < 4.78 is 10.0. The van der Waals surface area contributed by atoms with Gasteiger partial charge in [-0.3, -0.25) is 0 Å². The number of carbonyl (C=O) groups is 1. The fourth-order valence-electron chi connectivity index (χ4n) is 1.84. The predicted octanol–water partition coefficient (Wildman–Crippen LogP) is 2.47. The lowest BCUT2D eigenvalue weighted by Crippen LogP contribution is -2.14. The Hall–Kier alpha value is -2.74. The van der Waals surface area contributed by atoms with Gasteiger partial charge in [0, 0.05) is 11.3 Å². The van der Waals surface area contributed by atoms with Gasteiger partial charge in [-0.1, -0.05) is 6.08 Å². The van der Waals surface area contributed by atoms with Crippen LogP contribution in [0.5, 0.6) is 5.75 Å². The van der Waals surface area contributed by atoms with Gasteiger partial charge in [0.25, 0.3) is 0 Å². The first-order valence-corrected chi connectivity index (χ1v) is 6.14. The number of methoxy groups -OCH3 is 1. The van der Waals surface area contributed by atoms with Gasteiger partial charge in [0.1, 0.15) is 11.8 Å². The van der Waals surface area contributed by atoms with E-state index in [1.807, 2.05) is 24.3 Å². The van der Waals surface area contributed by atoms with Gasteiger partial charge in [0.15, 0.2) is 5.57 Å². The number of ether oxygens (including phenoxy) is 2. The third-order valence-electron chi connectivity index (χ3n) is 2.82. The van der Waals surface area contributed by atoms with Gasteiger partial charge in [0.05, 0.1) is 19.4 Å². The molecule has 0 amide bonds. The standard InChI is InChI=1S/C15H14N2O3/c1-3-20-15(18)12(9-16)14-6-4-10-8-11(19-2)5-7-13(10)17-14/h4-8,17H,3H2,1-2H3/b14-12-. The van der Waals surface area contributed by atoms with Crippen molar-refractivity contribution in [2.24, 2.45) is 0 Å². The van der Waals surface area contributed by atoms with Crippen LogP contribution < -0.4 is 10.1 Å². The maximum Gasteiger partial charge on any atom is 0.351 e. The second-order valence-electron chi connectivity index (χ2n) is 4.03. The molecule has 1 heterocycles. The highest BCUT2D eigenvalue weighted by atomic mass is 16.5. The highest BCUT2D eigenvalue weighted by molar-refractivity contribution is 5.96. The summed E-state index contributed by atoms with van der Waals surface area (Å²) in [5.74, 6) is 0.118. The molecule has 0 unspecified atom stereocenters. The summed E-state index contributed by atoms with van der Waals surface area (Å²) in [5.41, 5.74) is 2.13. The monoisotopic (exact) mass is 270 g/mol. The first-order valence-electron chi connectivity index (χ1n) is 6.14. The third-order valence-corrected chi connectivity index (χ3v) is 2.82. The summed E-state index contributed by atoms with van der Waals surface area (Å²) in [4.78, 5) is 11.7. The lowest BCUT2D eigenvalue weighted by molar-refractivity contribution is -0.138. The highest BCUT2D eigenvalue weighted by Crippen LogP contribution is 2.29. The van der Waals surface area contributed by atoms with Crippen LogP contribution in [0.3, 0.4) is 0 Å². The maximum absolute atomic E-state index is 11.7. The Morgan fingerprint density at radius 1 is 1.40 bits per heavy atom. The summed E-state index contributed by atoms with van der Waals surface area (Å²) in [6.45, 7) is 1.93. The van der Waals surface area contributed by atoms with Crippen molar-refractivity contribution >= 4 is 17.7 Å². The van der Waals surface area contributed by atoms with Crippen molar-refractivity contribution in [3.05, 3.63) is 41.1 Å². The summed E-state index contributed by atoms with van der Waals surface area (Å²) in [5, 5.41) is 12.2. The van der Waals surface area contributed by atoms with E-state index in [-0.39, 0.29) is 12.2 Å². The highest BCUT2D eigenvalue weighted by Gasteiger charge is 2.18. The van der Waals surface area contributed by atoms with E-state index in [0.717, 1.165) is 17.0 Å². The van der Waals surface area contributed by atoms with E-state index >= 15 is 0 Å². The van der Waals surface area contributed by atoms with Crippen molar-refractivity contribution in [3.8, 4) is 11.8 Å². The Kier molecular flexibility index (Phi) is 4.06. The Balaban J connectivity index is 2.36. The van der Waals surface area contributed by atoms with Gasteiger partial charge >= 0.3 is 5.97 Å². The van der Waals surface area contributed by atoms with Gasteiger partial charge < -0.3 is 14.8 Å². The average molecular weight is 270 g/mol. The van der Waals surface area contributed by atoms with Gasteiger partial charge in [-0.25, -0.2) is 4.79 Å². The van der Waals surface area contributed by atoms with E-state index in [2.05, 4.69) is 5.32 Å². The number of nitrogens with one attached hydrogen (secondary N) is 1. The third kappa shape index (κ3) is 2.64. The van der Waals surface area contributed by atoms with E-state index in [1.54, 1.807) is 26.2 Å². The van der Waals surface area contributed by atoms with Gasteiger partial charge in [0.2, 0.25) is 0 Å². The number of anilines is 1. The smallest absolute Gasteiger partial charge is 0.351 e. The minimum absolute atomic E-state index is 0.0374. The number of rotatable bonds is 3. The summed E-state index contributed by atoms with van der Waals surface area (Å²) in [6.07, 6.45) is 3.50. The molecule has 0 spiro atoms. The Morgan fingerprint density at radius 2 is 2.20 bits per heavy atom. The van der Waals surface area contributed by atoms with Crippen LogP contribution in [0.4, 0.5) is 5.69 Å². The summed E-state index contributed by atoms with van der Waals surface area (Å²) in [7, 11) is 1.60. The zero-order chi connectivity index (χ0) is 14.5. The number of esters is 1. The van der Waals surface area contributed by atoms with Crippen LogP contribution in [0.15, 0.2) is 35.5 Å². The molecule has 5 heteroatoms. The van der Waals surface area contributed by atoms with Gasteiger partial charge in [-0.2, -0.15) is 5.26 Å². The molecule has 2 rings (SSSR count). The van der Waals surface area contributed by atoms with Crippen LogP contribution in [0.2, 0.25) is 0 Å². The molecule has 0 atom stereocenters. The van der Waals surface area contributed by atoms with Crippen molar-refractivity contribution in [2.45, 2.75) is 6.92 Å². The van der Waals surface area contributed by atoms with Crippen molar-refractivity contribution in [2.75, 3.05) is 19.0 Å². The molecule has 1 aliphatic heterocycles.